The van der Waals surface area contributed by atoms with Gasteiger partial charge in [-0.05, 0) is 36.8 Å². The Morgan fingerprint density at radius 2 is 2.00 bits per heavy atom. The van der Waals surface area contributed by atoms with Crippen molar-refractivity contribution in [1.82, 2.24) is 14.7 Å². The number of para-hydroxylation sites is 1. The van der Waals surface area contributed by atoms with Crippen LogP contribution < -0.4 is 4.74 Å². The summed E-state index contributed by atoms with van der Waals surface area (Å²) in [7, 11) is 0. The molecule has 0 radical (unpaired) electrons. The van der Waals surface area contributed by atoms with Gasteiger partial charge in [0.1, 0.15) is 22.3 Å². The van der Waals surface area contributed by atoms with Crippen molar-refractivity contribution < 1.29 is 19.4 Å². The molecular weight excluding hydrogens is 458 g/mol. The fourth-order valence-corrected chi connectivity index (χ4v) is 4.54. The Labute approximate surface area is 200 Å². The maximum Gasteiger partial charge on any atom is 0.323 e. The van der Waals surface area contributed by atoms with Gasteiger partial charge in [-0.1, -0.05) is 61.2 Å². The number of thiocarbonyl (C=S) groups is 1. The average molecular weight is 480 g/mol. The first kappa shape index (κ1) is 22.8. The number of carbonyl (C=O) groups is 2. The molecule has 7 nitrogen and oxygen atoms in total. The highest BCUT2D eigenvalue weighted by molar-refractivity contribution is 8.26. The number of carbonyl (C=O) groups excluding carboxylic acids is 1. The number of carboxylic acid groups (broad SMARTS) is 1. The van der Waals surface area contributed by atoms with Crippen molar-refractivity contribution in [3.63, 3.8) is 0 Å². The Morgan fingerprint density at radius 1 is 1.21 bits per heavy atom. The number of ether oxygens (including phenoxy) is 1. The lowest BCUT2D eigenvalue weighted by atomic mass is 10.1. The van der Waals surface area contributed by atoms with Gasteiger partial charge in [0, 0.05) is 17.3 Å². The zero-order chi connectivity index (χ0) is 23.4. The summed E-state index contributed by atoms with van der Waals surface area (Å²) >= 11 is 6.31. The van der Waals surface area contributed by atoms with Gasteiger partial charge >= 0.3 is 5.97 Å². The van der Waals surface area contributed by atoms with Crippen molar-refractivity contribution in [2.45, 2.75) is 13.3 Å². The number of hydrogen-bond acceptors (Lipinski definition) is 6. The van der Waals surface area contributed by atoms with Gasteiger partial charge in [0.25, 0.3) is 5.91 Å². The third-order valence-corrected chi connectivity index (χ3v) is 6.17. The SMILES string of the molecule is CCCOc1cccc(-c2nn(-c3ccccc3)cc2/C=C2/SC(=S)N(CC(=O)O)C2=O)c1. The number of carboxylic acids is 1. The summed E-state index contributed by atoms with van der Waals surface area (Å²) in [4.78, 5) is 25.3. The second-order valence-electron chi connectivity index (χ2n) is 7.25. The summed E-state index contributed by atoms with van der Waals surface area (Å²) in [6.45, 7) is 2.19. The third kappa shape index (κ3) is 5.15. The highest BCUT2D eigenvalue weighted by Gasteiger charge is 2.33. The molecule has 1 amide bonds. The number of benzene rings is 2. The maximum absolute atomic E-state index is 12.8. The maximum atomic E-state index is 12.8. The van der Waals surface area contributed by atoms with Gasteiger partial charge in [0.15, 0.2) is 0 Å². The zero-order valence-corrected chi connectivity index (χ0v) is 19.4. The predicted molar refractivity (Wildman–Crippen MR) is 132 cm³/mol. The second-order valence-corrected chi connectivity index (χ2v) is 8.93. The fraction of sp³-hybridized carbons (Fsp3) is 0.167. The van der Waals surface area contributed by atoms with Crippen molar-refractivity contribution in [2.24, 2.45) is 0 Å². The lowest BCUT2D eigenvalue weighted by Gasteiger charge is -2.10. The van der Waals surface area contributed by atoms with E-state index in [9.17, 15) is 9.59 Å². The van der Waals surface area contributed by atoms with E-state index < -0.39 is 18.4 Å². The summed E-state index contributed by atoms with van der Waals surface area (Å²) in [5.41, 5.74) is 3.09. The van der Waals surface area contributed by atoms with Crippen molar-refractivity contribution in [3.05, 3.63) is 71.3 Å². The van der Waals surface area contributed by atoms with Crippen LogP contribution in [-0.4, -0.2) is 49.1 Å². The van der Waals surface area contributed by atoms with E-state index >= 15 is 0 Å². The van der Waals surface area contributed by atoms with Gasteiger partial charge in [0.2, 0.25) is 0 Å². The molecule has 1 aliphatic heterocycles. The van der Waals surface area contributed by atoms with E-state index in [0.717, 1.165) is 40.1 Å². The predicted octanol–water partition coefficient (Wildman–Crippen LogP) is 4.61. The van der Waals surface area contributed by atoms with Crippen LogP contribution in [0.15, 0.2) is 65.7 Å². The molecule has 0 saturated carbocycles. The molecule has 0 spiro atoms. The van der Waals surface area contributed by atoms with Gasteiger partial charge in [-0.25, -0.2) is 4.68 Å². The van der Waals surface area contributed by atoms with Crippen molar-refractivity contribution in [1.29, 1.82) is 0 Å². The Hall–Kier alpha value is -3.43. The minimum Gasteiger partial charge on any atom is -0.494 e. The molecule has 168 valence electrons. The van der Waals surface area contributed by atoms with Crippen LogP contribution in [-0.2, 0) is 9.59 Å². The van der Waals surface area contributed by atoms with Crippen LogP contribution in [0.3, 0.4) is 0 Å². The second kappa shape index (κ2) is 10.0. The standard InChI is InChI=1S/C24H21N3O4S2/c1-2-11-31-19-10-6-7-16(12-19)22-17(14-27(25-22)18-8-4-3-5-9-18)13-20-23(30)26(15-21(28)29)24(32)33-20/h3-10,12-14H,2,11,15H2,1H3,(H,28,29)/b20-13+. The number of rotatable bonds is 8. The third-order valence-electron chi connectivity index (χ3n) is 4.80. The molecule has 0 aliphatic carbocycles. The van der Waals surface area contributed by atoms with Crippen LogP contribution in [0.2, 0.25) is 0 Å². The molecule has 1 saturated heterocycles. The minimum absolute atomic E-state index is 0.223. The van der Waals surface area contributed by atoms with Gasteiger partial charge in [-0.2, -0.15) is 5.10 Å². The van der Waals surface area contributed by atoms with Crippen LogP contribution in [0.4, 0.5) is 0 Å². The monoisotopic (exact) mass is 479 g/mol. The number of aromatic nitrogens is 2. The van der Waals surface area contributed by atoms with Crippen LogP contribution in [0.25, 0.3) is 23.0 Å². The first-order chi connectivity index (χ1) is 16.0. The molecule has 2 aromatic carbocycles. The summed E-state index contributed by atoms with van der Waals surface area (Å²) < 4.78 is 7.75. The molecular formula is C24H21N3O4S2. The normalized spacial score (nSPS) is 14.8. The summed E-state index contributed by atoms with van der Waals surface area (Å²) in [6, 6.07) is 17.3. The first-order valence-corrected chi connectivity index (χ1v) is 11.5. The molecule has 1 aromatic heterocycles. The van der Waals surface area contributed by atoms with Crippen molar-refractivity contribution in [3.8, 4) is 22.7 Å². The molecule has 9 heteroatoms. The fourth-order valence-electron chi connectivity index (χ4n) is 3.30. The molecule has 3 aromatic rings. The lowest BCUT2D eigenvalue weighted by Crippen LogP contribution is -2.33. The molecule has 0 atom stereocenters. The summed E-state index contributed by atoms with van der Waals surface area (Å²) in [5, 5.41) is 13.9. The number of nitrogens with zero attached hydrogens (tertiary/aromatic N) is 3. The number of thioether (sulfide) groups is 1. The molecule has 1 N–H and O–H groups in total. The molecule has 1 aliphatic rings. The average Bonchev–Trinajstić information content (AvgIpc) is 3.35. The quantitative estimate of drug-likeness (QED) is 0.373. The highest BCUT2D eigenvalue weighted by atomic mass is 32.2. The zero-order valence-electron chi connectivity index (χ0n) is 17.8. The van der Waals surface area contributed by atoms with Crippen LogP contribution in [0.1, 0.15) is 18.9 Å². The highest BCUT2D eigenvalue weighted by Crippen LogP contribution is 2.35. The van der Waals surface area contributed by atoms with Crippen molar-refractivity contribution in [2.75, 3.05) is 13.2 Å². The van der Waals surface area contributed by atoms with Crippen LogP contribution in [0.5, 0.6) is 5.75 Å². The topological polar surface area (TPSA) is 84.7 Å². The van der Waals surface area contributed by atoms with Gasteiger partial charge < -0.3 is 9.84 Å². The Morgan fingerprint density at radius 3 is 2.73 bits per heavy atom. The largest absolute Gasteiger partial charge is 0.494 e. The van der Waals surface area contributed by atoms with E-state index in [1.807, 2.05) is 67.7 Å². The molecule has 2 heterocycles. The summed E-state index contributed by atoms with van der Waals surface area (Å²) in [5.74, 6) is -0.804. The van der Waals surface area contributed by atoms with E-state index in [2.05, 4.69) is 0 Å². The van der Waals surface area contributed by atoms with E-state index in [4.69, 9.17) is 27.2 Å². The van der Waals surface area contributed by atoms with Crippen LogP contribution >= 0.6 is 24.0 Å². The van der Waals surface area contributed by atoms with Gasteiger partial charge in [0.05, 0.1) is 17.2 Å². The number of amides is 1. The summed E-state index contributed by atoms with van der Waals surface area (Å²) in [6.07, 6.45) is 4.45. The Bertz CT molecular complexity index is 1240. The van der Waals surface area contributed by atoms with E-state index in [-0.39, 0.29) is 4.32 Å². The number of aliphatic carboxylic acids is 1. The van der Waals surface area contributed by atoms with Crippen LogP contribution in [0, 0.1) is 0 Å². The number of hydrogen-bond donors (Lipinski definition) is 1. The molecule has 1 fully saturated rings. The van der Waals surface area contributed by atoms with E-state index in [1.165, 1.54) is 0 Å². The lowest BCUT2D eigenvalue weighted by molar-refractivity contribution is -0.140. The molecule has 33 heavy (non-hydrogen) atoms. The molecule has 0 bridgehead atoms. The van der Waals surface area contributed by atoms with Gasteiger partial charge in [-0.15, -0.1) is 0 Å². The van der Waals surface area contributed by atoms with E-state index in [0.29, 0.717) is 22.8 Å². The Kier molecular flexibility index (Phi) is 6.90. The smallest absolute Gasteiger partial charge is 0.323 e. The molecule has 4 rings (SSSR count). The van der Waals surface area contributed by atoms with E-state index in [1.54, 1.807) is 10.8 Å². The minimum atomic E-state index is -1.12. The Balaban J connectivity index is 1.77. The van der Waals surface area contributed by atoms with Crippen molar-refractivity contribution >= 4 is 46.3 Å². The molecule has 0 unspecified atom stereocenters. The first-order valence-electron chi connectivity index (χ1n) is 10.3. The van der Waals surface area contributed by atoms with Gasteiger partial charge in [-0.3, -0.25) is 14.5 Å².